The van der Waals surface area contributed by atoms with E-state index in [-0.39, 0.29) is 0 Å². The molecule has 0 bridgehead atoms. The third-order valence-corrected chi connectivity index (χ3v) is 3.33. The first-order chi connectivity index (χ1) is 8.79. The van der Waals surface area contributed by atoms with Crippen LogP contribution in [0.2, 0.25) is 0 Å². The van der Waals surface area contributed by atoms with Gasteiger partial charge in [0.25, 0.3) is 0 Å². The number of hydrogen-bond donors (Lipinski definition) is 0. The molecule has 0 unspecified atom stereocenters. The molecule has 0 N–H and O–H groups in total. The Morgan fingerprint density at radius 1 is 1.00 bits per heavy atom. The summed E-state index contributed by atoms with van der Waals surface area (Å²) in [6.07, 6.45) is 2.17. The molecule has 0 saturated heterocycles. The summed E-state index contributed by atoms with van der Waals surface area (Å²) in [5.41, 5.74) is 4.04. The van der Waals surface area contributed by atoms with Gasteiger partial charge in [0.2, 0.25) is 0 Å². The molecule has 1 radical (unpaired) electrons. The lowest BCUT2D eigenvalue weighted by molar-refractivity contribution is 0.948. The van der Waals surface area contributed by atoms with Gasteiger partial charge in [0.05, 0.1) is 0 Å². The highest BCUT2D eigenvalue weighted by molar-refractivity contribution is 5.46. The fourth-order valence-electron chi connectivity index (χ4n) is 1.97. The van der Waals surface area contributed by atoms with Crippen LogP contribution in [-0.4, -0.2) is 13.6 Å². The Balaban J connectivity index is 1.94. The van der Waals surface area contributed by atoms with Crippen LogP contribution in [-0.2, 0) is 12.8 Å². The highest BCUT2D eigenvalue weighted by Crippen LogP contribution is 2.15. The molecule has 0 fully saturated rings. The predicted octanol–water partition coefficient (Wildman–Crippen LogP) is 3.73. The number of hydrogen-bond acceptors (Lipinski definition) is 1. The van der Waals surface area contributed by atoms with E-state index in [1.165, 1.54) is 16.8 Å². The lowest BCUT2D eigenvalue weighted by atomic mass is 10.0. The van der Waals surface area contributed by atoms with Crippen LogP contribution < -0.4 is 4.90 Å². The Kier molecular flexibility index (Phi) is 4.40. The fourth-order valence-corrected chi connectivity index (χ4v) is 1.97. The number of nitrogens with zero attached hydrogens (tertiary/aromatic N) is 1. The van der Waals surface area contributed by atoms with E-state index in [0.29, 0.717) is 0 Å². The van der Waals surface area contributed by atoms with Crippen molar-refractivity contribution in [2.24, 2.45) is 0 Å². The first-order valence-corrected chi connectivity index (χ1v) is 6.54. The van der Waals surface area contributed by atoms with Crippen LogP contribution in [0.15, 0.2) is 48.5 Å². The second-order valence-electron chi connectivity index (χ2n) is 4.59. The summed E-state index contributed by atoms with van der Waals surface area (Å²) in [4.78, 5) is 2.25. The molecule has 2 rings (SSSR count). The van der Waals surface area contributed by atoms with Gasteiger partial charge in [-0.15, -0.1) is 0 Å². The summed E-state index contributed by atoms with van der Waals surface area (Å²) in [5, 5.41) is 0. The molecule has 0 aromatic heterocycles. The number of anilines is 1. The normalized spacial score (nSPS) is 10.3. The maximum Gasteiger partial charge on any atom is 0.0363 e. The second-order valence-corrected chi connectivity index (χ2v) is 4.59. The maximum absolute atomic E-state index is 3.12. The molecule has 0 aliphatic carbocycles. The third-order valence-electron chi connectivity index (χ3n) is 3.33. The van der Waals surface area contributed by atoms with Crippen molar-refractivity contribution in [3.63, 3.8) is 0 Å². The van der Waals surface area contributed by atoms with Crippen molar-refractivity contribution in [2.45, 2.75) is 19.8 Å². The predicted molar refractivity (Wildman–Crippen MR) is 78.1 cm³/mol. The SMILES string of the molecule is CCN(C)c1ccc(CCc2c[c]ccc2)cc1. The van der Waals surface area contributed by atoms with Crippen molar-refractivity contribution in [2.75, 3.05) is 18.5 Å². The average Bonchev–Trinajstić information content (AvgIpc) is 2.46. The summed E-state index contributed by atoms with van der Waals surface area (Å²) >= 11 is 0. The summed E-state index contributed by atoms with van der Waals surface area (Å²) in [6.45, 7) is 3.21. The molecule has 0 saturated carbocycles. The molecule has 0 heterocycles. The lowest BCUT2D eigenvalue weighted by Crippen LogP contribution is -2.15. The van der Waals surface area contributed by atoms with E-state index in [4.69, 9.17) is 0 Å². The van der Waals surface area contributed by atoms with Gasteiger partial charge in [-0.25, -0.2) is 0 Å². The van der Waals surface area contributed by atoms with Crippen molar-refractivity contribution in [3.05, 3.63) is 65.7 Å². The summed E-state index contributed by atoms with van der Waals surface area (Å²) in [5.74, 6) is 0. The standard InChI is InChI=1S/C17H20N/c1-3-18(2)17-13-11-16(12-14-17)10-9-15-7-5-4-6-8-15/h4-5,7-8,11-14H,3,9-10H2,1-2H3. The molecule has 1 heteroatoms. The highest BCUT2D eigenvalue weighted by Gasteiger charge is 1.99. The minimum Gasteiger partial charge on any atom is -0.375 e. The topological polar surface area (TPSA) is 3.24 Å². The zero-order chi connectivity index (χ0) is 12.8. The summed E-state index contributed by atoms with van der Waals surface area (Å²) < 4.78 is 0. The monoisotopic (exact) mass is 238 g/mol. The summed E-state index contributed by atoms with van der Waals surface area (Å²) in [6, 6.07) is 20.2. The van der Waals surface area contributed by atoms with Crippen LogP contribution in [0.25, 0.3) is 0 Å². The molecule has 0 aliphatic heterocycles. The van der Waals surface area contributed by atoms with Crippen molar-refractivity contribution in [1.29, 1.82) is 0 Å². The highest BCUT2D eigenvalue weighted by atomic mass is 15.1. The first kappa shape index (κ1) is 12.7. The van der Waals surface area contributed by atoms with E-state index in [1.54, 1.807) is 0 Å². The smallest absolute Gasteiger partial charge is 0.0363 e. The summed E-state index contributed by atoms with van der Waals surface area (Å²) in [7, 11) is 2.12. The Bertz CT molecular complexity index is 459. The van der Waals surface area contributed by atoms with Gasteiger partial charge in [0.1, 0.15) is 0 Å². The maximum atomic E-state index is 3.12. The van der Waals surface area contributed by atoms with E-state index in [0.717, 1.165) is 19.4 Å². The minimum atomic E-state index is 1.04. The van der Waals surface area contributed by atoms with E-state index < -0.39 is 0 Å². The minimum absolute atomic E-state index is 1.04. The Morgan fingerprint density at radius 3 is 2.33 bits per heavy atom. The van der Waals surface area contributed by atoms with Gasteiger partial charge < -0.3 is 4.90 Å². The van der Waals surface area contributed by atoms with E-state index in [1.807, 2.05) is 6.07 Å². The van der Waals surface area contributed by atoms with Crippen LogP contribution >= 0.6 is 0 Å². The van der Waals surface area contributed by atoms with Crippen molar-refractivity contribution < 1.29 is 0 Å². The molecule has 0 spiro atoms. The van der Waals surface area contributed by atoms with Crippen molar-refractivity contribution in [1.82, 2.24) is 0 Å². The Morgan fingerprint density at radius 2 is 1.72 bits per heavy atom. The fraction of sp³-hybridized carbons (Fsp3) is 0.294. The molecular formula is C17H20N. The van der Waals surface area contributed by atoms with Gasteiger partial charge in [-0.1, -0.05) is 36.4 Å². The number of aryl methyl sites for hydroxylation is 2. The van der Waals surface area contributed by atoms with Gasteiger partial charge in [0, 0.05) is 19.3 Å². The molecular weight excluding hydrogens is 218 g/mol. The van der Waals surface area contributed by atoms with Gasteiger partial charge in [-0.3, -0.25) is 0 Å². The van der Waals surface area contributed by atoms with E-state index >= 15 is 0 Å². The zero-order valence-corrected chi connectivity index (χ0v) is 11.2. The lowest BCUT2D eigenvalue weighted by Gasteiger charge is -2.16. The molecule has 0 atom stereocenters. The Labute approximate surface area is 110 Å². The zero-order valence-electron chi connectivity index (χ0n) is 11.2. The van der Waals surface area contributed by atoms with Crippen LogP contribution in [0.5, 0.6) is 0 Å². The number of benzene rings is 2. The average molecular weight is 238 g/mol. The first-order valence-electron chi connectivity index (χ1n) is 6.54. The number of rotatable bonds is 5. The van der Waals surface area contributed by atoms with Gasteiger partial charge in [-0.2, -0.15) is 0 Å². The molecule has 2 aromatic carbocycles. The van der Waals surface area contributed by atoms with Gasteiger partial charge >= 0.3 is 0 Å². The third kappa shape index (κ3) is 3.36. The Hall–Kier alpha value is -1.76. The molecule has 1 nitrogen and oxygen atoms in total. The van der Waals surface area contributed by atoms with E-state index in [2.05, 4.69) is 67.4 Å². The van der Waals surface area contributed by atoms with Crippen LogP contribution in [0.3, 0.4) is 0 Å². The van der Waals surface area contributed by atoms with Crippen molar-refractivity contribution in [3.8, 4) is 0 Å². The second kappa shape index (κ2) is 6.25. The van der Waals surface area contributed by atoms with E-state index in [9.17, 15) is 0 Å². The van der Waals surface area contributed by atoms with Gasteiger partial charge in [0.15, 0.2) is 0 Å². The largest absolute Gasteiger partial charge is 0.375 e. The molecule has 18 heavy (non-hydrogen) atoms. The molecule has 2 aromatic rings. The molecule has 0 amide bonds. The quantitative estimate of drug-likeness (QED) is 0.767. The van der Waals surface area contributed by atoms with Crippen LogP contribution in [0.4, 0.5) is 5.69 Å². The van der Waals surface area contributed by atoms with Crippen molar-refractivity contribution >= 4 is 5.69 Å². The molecule has 93 valence electrons. The van der Waals surface area contributed by atoms with Gasteiger partial charge in [-0.05, 0) is 49.1 Å². The van der Waals surface area contributed by atoms with Crippen LogP contribution in [0.1, 0.15) is 18.1 Å². The molecule has 0 aliphatic rings. The van der Waals surface area contributed by atoms with Crippen LogP contribution in [0, 0.1) is 6.07 Å².